The van der Waals surface area contributed by atoms with Crippen LogP contribution in [0.4, 0.5) is 5.69 Å². The van der Waals surface area contributed by atoms with Crippen molar-refractivity contribution in [2.24, 2.45) is 5.92 Å². The first kappa shape index (κ1) is 20.6. The van der Waals surface area contributed by atoms with E-state index in [1.807, 2.05) is 0 Å². The van der Waals surface area contributed by atoms with Crippen LogP contribution in [0.25, 0.3) is 0 Å². The van der Waals surface area contributed by atoms with Crippen LogP contribution in [0.3, 0.4) is 0 Å². The predicted octanol–water partition coefficient (Wildman–Crippen LogP) is 5.30. The van der Waals surface area contributed by atoms with Crippen LogP contribution >= 0.6 is 11.6 Å². The molecule has 0 saturated carbocycles. The molecule has 0 heterocycles. The number of carbonyl (C=O) groups excluding carboxylic acids is 3. The molecular formula is C24H16ClNO5. The van der Waals surface area contributed by atoms with Crippen LogP contribution in [0.1, 0.15) is 49.0 Å². The maximum Gasteiger partial charge on any atom is 0.269 e. The van der Waals surface area contributed by atoms with Crippen molar-refractivity contribution in [3.05, 3.63) is 110 Å². The van der Waals surface area contributed by atoms with Gasteiger partial charge in [0.25, 0.3) is 5.69 Å². The molecule has 0 saturated heterocycles. The van der Waals surface area contributed by atoms with E-state index < -0.39 is 16.8 Å². The number of Topliss-reactive ketones (excluding diaryl/α,β-unsaturated/α-hetero) is 3. The molecule has 1 atom stereocenters. The molecular weight excluding hydrogens is 418 g/mol. The van der Waals surface area contributed by atoms with Crippen molar-refractivity contribution >= 4 is 34.6 Å². The van der Waals surface area contributed by atoms with Gasteiger partial charge in [-0.05, 0) is 29.8 Å². The Hall–Kier alpha value is -3.64. The molecule has 0 radical (unpaired) electrons. The van der Waals surface area contributed by atoms with Crippen molar-refractivity contribution in [3.63, 3.8) is 0 Å². The first-order valence-corrected chi connectivity index (χ1v) is 9.95. The minimum Gasteiger partial charge on any atom is -0.294 e. The van der Waals surface area contributed by atoms with E-state index in [1.54, 1.807) is 48.5 Å². The average molecular weight is 434 g/mol. The second-order valence-corrected chi connectivity index (χ2v) is 7.78. The van der Waals surface area contributed by atoms with Gasteiger partial charge >= 0.3 is 0 Å². The number of fused-ring (bicyclic) bond motifs is 1. The first-order chi connectivity index (χ1) is 14.9. The molecule has 0 amide bonds. The monoisotopic (exact) mass is 433 g/mol. The van der Waals surface area contributed by atoms with Gasteiger partial charge in [-0.3, -0.25) is 24.5 Å². The number of nitro benzene ring substituents is 1. The highest BCUT2D eigenvalue weighted by Crippen LogP contribution is 2.39. The second kappa shape index (κ2) is 8.24. The van der Waals surface area contributed by atoms with E-state index in [-0.39, 0.29) is 35.0 Å². The van der Waals surface area contributed by atoms with Gasteiger partial charge in [0.15, 0.2) is 17.3 Å². The van der Waals surface area contributed by atoms with Gasteiger partial charge < -0.3 is 0 Å². The van der Waals surface area contributed by atoms with Gasteiger partial charge in [-0.15, -0.1) is 0 Å². The number of benzene rings is 3. The zero-order valence-electron chi connectivity index (χ0n) is 16.2. The lowest BCUT2D eigenvalue weighted by Gasteiger charge is -2.21. The molecule has 154 valence electrons. The number of non-ortho nitro benzene ring substituents is 1. The third-order valence-electron chi connectivity index (χ3n) is 5.53. The van der Waals surface area contributed by atoms with Gasteiger partial charge in [0.05, 0.1) is 10.8 Å². The Kier molecular flexibility index (Phi) is 5.48. The molecule has 1 unspecified atom stereocenters. The summed E-state index contributed by atoms with van der Waals surface area (Å²) >= 11 is 5.99. The summed E-state index contributed by atoms with van der Waals surface area (Å²) in [5.41, 5.74) is 1.53. The van der Waals surface area contributed by atoms with Gasteiger partial charge in [0.2, 0.25) is 0 Å². The molecule has 7 heteroatoms. The van der Waals surface area contributed by atoms with Gasteiger partial charge in [-0.2, -0.15) is 0 Å². The van der Waals surface area contributed by atoms with Crippen molar-refractivity contribution in [3.8, 4) is 0 Å². The highest BCUT2D eigenvalue weighted by Gasteiger charge is 2.44. The summed E-state index contributed by atoms with van der Waals surface area (Å²) in [6, 6.07) is 18.6. The van der Waals surface area contributed by atoms with E-state index in [1.165, 1.54) is 24.3 Å². The summed E-state index contributed by atoms with van der Waals surface area (Å²) in [5.74, 6) is -2.63. The minimum absolute atomic E-state index is 0.102. The number of hydrogen-bond donors (Lipinski definition) is 0. The van der Waals surface area contributed by atoms with Gasteiger partial charge in [-0.25, -0.2) is 0 Å². The molecule has 1 aliphatic rings. The van der Waals surface area contributed by atoms with Crippen molar-refractivity contribution in [1.82, 2.24) is 0 Å². The summed E-state index contributed by atoms with van der Waals surface area (Å²) in [6.07, 6.45) is -0.102. The lowest BCUT2D eigenvalue weighted by atomic mass is 9.79. The molecule has 0 fully saturated rings. The standard InChI is InChI=1S/C24H16ClNO5/c25-16-9-5-14(6-10-16)20(13-21(27)15-7-11-17(12-8-15)26(30)31)22-23(28)18-3-1-2-4-19(18)24(22)29/h1-12,20,22H,13H2. The number of halogens is 1. The Morgan fingerprint density at radius 1 is 0.903 bits per heavy atom. The van der Waals surface area contributed by atoms with E-state index >= 15 is 0 Å². The third kappa shape index (κ3) is 3.90. The smallest absolute Gasteiger partial charge is 0.269 e. The molecule has 0 spiro atoms. The fraction of sp³-hybridized carbons (Fsp3) is 0.125. The lowest BCUT2D eigenvalue weighted by Crippen LogP contribution is -2.26. The molecule has 0 bridgehead atoms. The molecule has 6 nitrogen and oxygen atoms in total. The Balaban J connectivity index is 1.70. The normalized spacial score (nSPS) is 14.4. The molecule has 3 aromatic rings. The molecule has 3 aromatic carbocycles. The first-order valence-electron chi connectivity index (χ1n) is 9.57. The number of ketones is 3. The summed E-state index contributed by atoms with van der Waals surface area (Å²) < 4.78 is 0. The van der Waals surface area contributed by atoms with Crippen molar-refractivity contribution < 1.29 is 19.3 Å². The van der Waals surface area contributed by atoms with Crippen LogP contribution in [0.2, 0.25) is 5.02 Å². The fourth-order valence-electron chi connectivity index (χ4n) is 3.96. The molecule has 0 N–H and O–H groups in total. The zero-order valence-corrected chi connectivity index (χ0v) is 16.9. The second-order valence-electron chi connectivity index (χ2n) is 7.34. The van der Waals surface area contributed by atoms with E-state index in [9.17, 15) is 24.5 Å². The molecule has 0 aromatic heterocycles. The number of rotatable bonds is 6. The largest absolute Gasteiger partial charge is 0.294 e. The van der Waals surface area contributed by atoms with Gasteiger partial charge in [0, 0.05) is 46.2 Å². The molecule has 1 aliphatic carbocycles. The Morgan fingerprint density at radius 2 is 1.45 bits per heavy atom. The van der Waals surface area contributed by atoms with Gasteiger partial charge in [0.1, 0.15) is 0 Å². The van der Waals surface area contributed by atoms with E-state index in [0.717, 1.165) is 0 Å². The topological polar surface area (TPSA) is 94.3 Å². The Labute approximate surface area is 182 Å². The van der Waals surface area contributed by atoms with E-state index in [0.29, 0.717) is 21.7 Å². The average Bonchev–Trinajstić information content (AvgIpc) is 3.03. The lowest BCUT2D eigenvalue weighted by molar-refractivity contribution is -0.384. The van der Waals surface area contributed by atoms with Crippen LogP contribution in [-0.4, -0.2) is 22.3 Å². The van der Waals surface area contributed by atoms with Crippen LogP contribution in [0.5, 0.6) is 0 Å². The van der Waals surface area contributed by atoms with Crippen LogP contribution in [0, 0.1) is 16.0 Å². The van der Waals surface area contributed by atoms with E-state index in [2.05, 4.69) is 0 Å². The minimum atomic E-state index is -1.01. The summed E-state index contributed by atoms with van der Waals surface area (Å²) in [7, 11) is 0. The number of hydrogen-bond acceptors (Lipinski definition) is 5. The van der Waals surface area contributed by atoms with Crippen molar-refractivity contribution in [2.75, 3.05) is 0 Å². The molecule has 4 rings (SSSR count). The Morgan fingerprint density at radius 3 is 1.97 bits per heavy atom. The highest BCUT2D eigenvalue weighted by molar-refractivity contribution is 6.30. The van der Waals surface area contributed by atoms with E-state index in [4.69, 9.17) is 11.6 Å². The quantitative estimate of drug-likeness (QED) is 0.227. The summed E-state index contributed by atoms with van der Waals surface area (Å²) in [4.78, 5) is 49.5. The molecule has 0 aliphatic heterocycles. The highest BCUT2D eigenvalue weighted by atomic mass is 35.5. The SMILES string of the molecule is O=C(CC(c1ccc(Cl)cc1)C1C(=O)c2ccccc2C1=O)c1ccc([N+](=O)[O-])cc1. The van der Waals surface area contributed by atoms with Crippen molar-refractivity contribution in [2.45, 2.75) is 12.3 Å². The zero-order chi connectivity index (χ0) is 22.1. The maximum absolute atomic E-state index is 13.1. The van der Waals surface area contributed by atoms with Crippen LogP contribution in [-0.2, 0) is 0 Å². The third-order valence-corrected chi connectivity index (χ3v) is 5.78. The van der Waals surface area contributed by atoms with Crippen LogP contribution in [0.15, 0.2) is 72.8 Å². The Bertz CT molecular complexity index is 1170. The predicted molar refractivity (Wildman–Crippen MR) is 115 cm³/mol. The summed E-state index contributed by atoms with van der Waals surface area (Å²) in [5, 5.41) is 11.4. The van der Waals surface area contributed by atoms with Gasteiger partial charge in [-0.1, -0.05) is 48.0 Å². The van der Waals surface area contributed by atoms with Crippen molar-refractivity contribution in [1.29, 1.82) is 0 Å². The summed E-state index contributed by atoms with van der Waals surface area (Å²) in [6.45, 7) is 0. The van der Waals surface area contributed by atoms with Crippen LogP contribution < -0.4 is 0 Å². The fourth-order valence-corrected chi connectivity index (χ4v) is 4.08. The number of nitro groups is 1. The molecule has 31 heavy (non-hydrogen) atoms. The maximum atomic E-state index is 13.1. The number of nitrogens with zero attached hydrogens (tertiary/aromatic N) is 1. The number of carbonyl (C=O) groups is 3.